The van der Waals surface area contributed by atoms with Crippen molar-refractivity contribution in [3.63, 3.8) is 0 Å². The van der Waals surface area contributed by atoms with E-state index in [1.54, 1.807) is 6.92 Å². The molecule has 1 aromatic carbocycles. The molecule has 0 aliphatic carbocycles. The van der Waals surface area contributed by atoms with Crippen molar-refractivity contribution < 1.29 is 14.7 Å². The second kappa shape index (κ2) is 7.78. The van der Waals surface area contributed by atoms with Crippen LogP contribution in [0, 0.1) is 5.92 Å². The van der Waals surface area contributed by atoms with E-state index in [2.05, 4.69) is 26.6 Å². The van der Waals surface area contributed by atoms with Gasteiger partial charge in [0.1, 0.15) is 0 Å². The summed E-state index contributed by atoms with van der Waals surface area (Å²) in [6.45, 7) is 2.31. The molecule has 1 aromatic rings. The fourth-order valence-electron chi connectivity index (χ4n) is 1.51. The van der Waals surface area contributed by atoms with Crippen LogP contribution in [0.1, 0.15) is 18.9 Å². The van der Waals surface area contributed by atoms with Crippen molar-refractivity contribution in [3.8, 4) is 0 Å². The van der Waals surface area contributed by atoms with Crippen molar-refractivity contribution in [1.29, 1.82) is 0 Å². The highest BCUT2D eigenvalue weighted by Crippen LogP contribution is 2.11. The number of carbonyl (C=O) groups is 2. The van der Waals surface area contributed by atoms with Crippen LogP contribution in [-0.2, 0) is 11.3 Å². The van der Waals surface area contributed by atoms with Gasteiger partial charge in [-0.2, -0.15) is 0 Å². The van der Waals surface area contributed by atoms with Crippen LogP contribution in [0.25, 0.3) is 0 Å². The lowest BCUT2D eigenvalue weighted by Gasteiger charge is -2.12. The molecule has 3 N–H and O–H groups in total. The Balaban J connectivity index is 2.34. The number of halogens is 1. The van der Waals surface area contributed by atoms with Gasteiger partial charge in [0.05, 0.1) is 5.92 Å². The highest BCUT2D eigenvalue weighted by molar-refractivity contribution is 9.10. The standard InChI is InChI=1S/C13H17BrN2O3/c1-2-10(12(17)18)8-16-13(19)15-7-9-4-3-5-11(14)6-9/h3-6,10H,2,7-8H2,1H3,(H,17,18)(H2,15,16,19). The molecule has 1 atom stereocenters. The number of hydrogen-bond acceptors (Lipinski definition) is 2. The van der Waals surface area contributed by atoms with E-state index in [1.807, 2.05) is 24.3 Å². The Kier molecular flexibility index (Phi) is 6.35. The number of carboxylic acid groups (broad SMARTS) is 1. The third-order valence-corrected chi connectivity index (χ3v) is 3.19. The van der Waals surface area contributed by atoms with Gasteiger partial charge in [-0.3, -0.25) is 4.79 Å². The molecule has 1 rings (SSSR count). The molecule has 0 aliphatic heterocycles. The summed E-state index contributed by atoms with van der Waals surface area (Å²) in [5, 5.41) is 14.1. The number of benzene rings is 1. The van der Waals surface area contributed by atoms with Crippen molar-refractivity contribution in [2.24, 2.45) is 5.92 Å². The lowest BCUT2D eigenvalue weighted by atomic mass is 10.1. The molecule has 1 unspecified atom stereocenters. The summed E-state index contributed by atoms with van der Waals surface area (Å²) >= 11 is 3.35. The fourth-order valence-corrected chi connectivity index (χ4v) is 1.96. The maximum Gasteiger partial charge on any atom is 0.315 e. The molecule has 2 amide bonds. The Morgan fingerprint density at radius 3 is 2.68 bits per heavy atom. The molecule has 5 nitrogen and oxygen atoms in total. The van der Waals surface area contributed by atoms with Gasteiger partial charge in [-0.25, -0.2) is 4.79 Å². The van der Waals surface area contributed by atoms with Crippen LogP contribution in [0.4, 0.5) is 4.79 Å². The van der Waals surface area contributed by atoms with Crippen molar-refractivity contribution in [2.45, 2.75) is 19.9 Å². The van der Waals surface area contributed by atoms with Crippen LogP contribution in [0.5, 0.6) is 0 Å². The zero-order valence-corrected chi connectivity index (χ0v) is 12.2. The number of carboxylic acids is 1. The van der Waals surface area contributed by atoms with Crippen LogP contribution in [-0.4, -0.2) is 23.7 Å². The summed E-state index contributed by atoms with van der Waals surface area (Å²) in [6.07, 6.45) is 0.487. The lowest BCUT2D eigenvalue weighted by molar-refractivity contribution is -0.141. The van der Waals surface area contributed by atoms with Gasteiger partial charge >= 0.3 is 12.0 Å². The summed E-state index contributed by atoms with van der Waals surface area (Å²) in [5.41, 5.74) is 0.967. The normalized spacial score (nSPS) is 11.7. The summed E-state index contributed by atoms with van der Waals surface area (Å²) in [4.78, 5) is 22.3. The van der Waals surface area contributed by atoms with E-state index < -0.39 is 11.9 Å². The monoisotopic (exact) mass is 328 g/mol. The summed E-state index contributed by atoms with van der Waals surface area (Å²) < 4.78 is 0.948. The van der Waals surface area contributed by atoms with Gasteiger partial charge in [0.25, 0.3) is 0 Å². The summed E-state index contributed by atoms with van der Waals surface area (Å²) in [6, 6.07) is 7.24. The summed E-state index contributed by atoms with van der Waals surface area (Å²) in [5.74, 6) is -1.44. The topological polar surface area (TPSA) is 78.4 Å². The summed E-state index contributed by atoms with van der Waals surface area (Å²) in [7, 11) is 0. The molecule has 0 aliphatic rings. The Bertz CT molecular complexity index is 451. The van der Waals surface area contributed by atoms with Crippen molar-refractivity contribution in [2.75, 3.05) is 6.54 Å². The third kappa shape index (κ3) is 5.74. The Morgan fingerprint density at radius 2 is 2.11 bits per heavy atom. The van der Waals surface area contributed by atoms with E-state index in [0.717, 1.165) is 10.0 Å². The molecule has 0 saturated heterocycles. The SMILES string of the molecule is CCC(CNC(=O)NCc1cccc(Br)c1)C(=O)O. The van der Waals surface area contributed by atoms with Gasteiger partial charge in [-0.05, 0) is 24.1 Å². The second-order valence-corrected chi connectivity index (χ2v) is 5.05. The highest BCUT2D eigenvalue weighted by atomic mass is 79.9. The Morgan fingerprint density at radius 1 is 1.37 bits per heavy atom. The van der Waals surface area contributed by atoms with Crippen LogP contribution in [0.3, 0.4) is 0 Å². The maximum absolute atomic E-state index is 11.5. The number of carbonyl (C=O) groups excluding carboxylic acids is 1. The molecular formula is C13H17BrN2O3. The largest absolute Gasteiger partial charge is 0.481 e. The lowest BCUT2D eigenvalue weighted by Crippen LogP contribution is -2.39. The van der Waals surface area contributed by atoms with Gasteiger partial charge in [-0.15, -0.1) is 0 Å². The minimum Gasteiger partial charge on any atom is -0.481 e. The van der Waals surface area contributed by atoms with Crippen LogP contribution < -0.4 is 10.6 Å². The smallest absolute Gasteiger partial charge is 0.315 e. The van der Waals surface area contributed by atoms with E-state index in [1.165, 1.54) is 0 Å². The van der Waals surface area contributed by atoms with E-state index >= 15 is 0 Å². The third-order valence-electron chi connectivity index (χ3n) is 2.69. The molecule has 0 fully saturated rings. The molecular weight excluding hydrogens is 312 g/mol. The number of rotatable bonds is 6. The number of nitrogens with one attached hydrogen (secondary N) is 2. The van der Waals surface area contributed by atoms with Gasteiger partial charge in [-0.1, -0.05) is 35.0 Å². The molecule has 104 valence electrons. The first kappa shape index (κ1) is 15.5. The van der Waals surface area contributed by atoms with Crippen molar-refractivity contribution in [3.05, 3.63) is 34.3 Å². The van der Waals surface area contributed by atoms with Gasteiger partial charge in [0.15, 0.2) is 0 Å². The van der Waals surface area contributed by atoms with E-state index in [-0.39, 0.29) is 12.6 Å². The molecule has 19 heavy (non-hydrogen) atoms. The first-order valence-electron chi connectivity index (χ1n) is 6.02. The minimum atomic E-state index is -0.894. The quantitative estimate of drug-likeness (QED) is 0.750. The van der Waals surface area contributed by atoms with Crippen molar-refractivity contribution >= 4 is 27.9 Å². The molecule has 0 saturated carbocycles. The molecule has 0 spiro atoms. The van der Waals surface area contributed by atoms with E-state index in [4.69, 9.17) is 5.11 Å². The molecule has 6 heteroatoms. The number of amides is 2. The van der Waals surface area contributed by atoms with Crippen LogP contribution in [0.15, 0.2) is 28.7 Å². The maximum atomic E-state index is 11.5. The first-order chi connectivity index (χ1) is 9.02. The number of hydrogen-bond donors (Lipinski definition) is 3. The van der Waals surface area contributed by atoms with Crippen LogP contribution >= 0.6 is 15.9 Å². The van der Waals surface area contributed by atoms with Gasteiger partial charge in [0, 0.05) is 17.6 Å². The number of urea groups is 1. The van der Waals surface area contributed by atoms with E-state index in [9.17, 15) is 9.59 Å². The first-order valence-corrected chi connectivity index (χ1v) is 6.81. The predicted molar refractivity (Wildman–Crippen MR) is 75.8 cm³/mol. The molecule has 0 bridgehead atoms. The Hall–Kier alpha value is -1.56. The molecule has 0 radical (unpaired) electrons. The average Bonchev–Trinajstić information content (AvgIpc) is 2.37. The fraction of sp³-hybridized carbons (Fsp3) is 0.385. The van der Waals surface area contributed by atoms with Crippen molar-refractivity contribution in [1.82, 2.24) is 10.6 Å². The van der Waals surface area contributed by atoms with Gasteiger partial charge in [0.2, 0.25) is 0 Å². The molecule has 0 heterocycles. The van der Waals surface area contributed by atoms with Gasteiger partial charge < -0.3 is 15.7 Å². The van der Waals surface area contributed by atoms with Crippen LogP contribution in [0.2, 0.25) is 0 Å². The highest BCUT2D eigenvalue weighted by Gasteiger charge is 2.15. The number of aliphatic carboxylic acids is 1. The zero-order valence-electron chi connectivity index (χ0n) is 10.6. The minimum absolute atomic E-state index is 0.135. The zero-order chi connectivity index (χ0) is 14.3. The molecule has 0 aromatic heterocycles. The van der Waals surface area contributed by atoms with E-state index in [0.29, 0.717) is 13.0 Å². The second-order valence-electron chi connectivity index (χ2n) is 4.14. The average molecular weight is 329 g/mol. The predicted octanol–water partition coefficient (Wildman–Crippen LogP) is 2.36. The Labute approximate surface area is 120 Å².